The Kier molecular flexibility index (Phi) is 8.82. The maximum absolute atomic E-state index is 13.1. The molecular formula is C31H32N2O5. The van der Waals surface area contributed by atoms with Crippen molar-refractivity contribution in [3.63, 3.8) is 0 Å². The van der Waals surface area contributed by atoms with Gasteiger partial charge in [-0.25, -0.2) is 0 Å². The van der Waals surface area contributed by atoms with Gasteiger partial charge in [-0.2, -0.15) is 0 Å². The number of anilines is 1. The highest BCUT2D eigenvalue weighted by Crippen LogP contribution is 2.28. The minimum absolute atomic E-state index is 0.273. The van der Waals surface area contributed by atoms with Gasteiger partial charge in [0.2, 0.25) is 0 Å². The van der Waals surface area contributed by atoms with E-state index in [-0.39, 0.29) is 11.8 Å². The normalized spacial score (nSPS) is 11.4. The fourth-order valence-electron chi connectivity index (χ4n) is 4.18. The molecule has 0 radical (unpaired) electrons. The second kappa shape index (κ2) is 12.6. The molecule has 2 amide bonds. The molecule has 7 heteroatoms. The molecule has 0 heterocycles. The first-order chi connectivity index (χ1) is 18.5. The van der Waals surface area contributed by atoms with E-state index in [2.05, 4.69) is 10.6 Å². The maximum Gasteiger partial charge on any atom is 0.265 e. The van der Waals surface area contributed by atoms with Crippen LogP contribution in [0.5, 0.6) is 17.2 Å². The second-order valence-corrected chi connectivity index (χ2v) is 8.75. The van der Waals surface area contributed by atoms with E-state index in [9.17, 15) is 9.59 Å². The van der Waals surface area contributed by atoms with Gasteiger partial charge in [-0.05, 0) is 65.6 Å². The number of ether oxygens (including phenoxy) is 3. The highest BCUT2D eigenvalue weighted by Gasteiger charge is 2.21. The SMILES string of the molecule is CCC(Oc1ccc2ccccc2c1)C(=O)Nc1ccccc1C(=O)NCCc1ccc(OC)c(OC)c1. The van der Waals surface area contributed by atoms with Crippen LogP contribution in [0.4, 0.5) is 5.69 Å². The number of para-hydroxylation sites is 1. The summed E-state index contributed by atoms with van der Waals surface area (Å²) in [6.45, 7) is 2.30. The Bertz CT molecular complexity index is 1420. The molecular weight excluding hydrogens is 480 g/mol. The summed E-state index contributed by atoms with van der Waals surface area (Å²) in [7, 11) is 3.18. The standard InChI is InChI=1S/C31H32N2O5/c1-4-27(38-24-15-14-22-9-5-6-10-23(22)20-24)31(35)33-26-12-8-7-11-25(26)30(34)32-18-17-21-13-16-28(36-2)29(19-21)37-3/h5-16,19-20,27H,4,17-18H2,1-3H3,(H,32,34)(H,33,35). The first kappa shape index (κ1) is 26.5. The topological polar surface area (TPSA) is 85.9 Å². The number of hydrogen-bond donors (Lipinski definition) is 2. The molecule has 0 aliphatic heterocycles. The van der Waals surface area contributed by atoms with E-state index >= 15 is 0 Å². The third-order valence-corrected chi connectivity index (χ3v) is 6.24. The van der Waals surface area contributed by atoms with Crippen molar-refractivity contribution in [1.82, 2.24) is 5.32 Å². The lowest BCUT2D eigenvalue weighted by Gasteiger charge is -2.19. The van der Waals surface area contributed by atoms with Crippen molar-refractivity contribution >= 4 is 28.3 Å². The molecule has 0 saturated carbocycles. The second-order valence-electron chi connectivity index (χ2n) is 8.75. The van der Waals surface area contributed by atoms with E-state index in [1.165, 1.54) is 0 Å². The molecule has 0 spiro atoms. The van der Waals surface area contributed by atoms with Gasteiger partial charge >= 0.3 is 0 Å². The Morgan fingerprint density at radius 1 is 0.816 bits per heavy atom. The number of nitrogens with one attached hydrogen (secondary N) is 2. The summed E-state index contributed by atoms with van der Waals surface area (Å²) < 4.78 is 16.6. The molecule has 0 aliphatic rings. The van der Waals surface area contributed by atoms with Gasteiger partial charge in [0, 0.05) is 6.54 Å². The highest BCUT2D eigenvalue weighted by atomic mass is 16.5. The van der Waals surface area contributed by atoms with Crippen LogP contribution in [0.3, 0.4) is 0 Å². The average molecular weight is 513 g/mol. The number of rotatable bonds is 11. The summed E-state index contributed by atoms with van der Waals surface area (Å²) in [6.07, 6.45) is 0.369. The van der Waals surface area contributed by atoms with E-state index < -0.39 is 6.10 Å². The number of hydrogen-bond acceptors (Lipinski definition) is 5. The smallest absolute Gasteiger partial charge is 0.265 e. The number of fused-ring (bicyclic) bond motifs is 1. The van der Waals surface area contributed by atoms with Crippen LogP contribution in [0.2, 0.25) is 0 Å². The molecule has 38 heavy (non-hydrogen) atoms. The van der Waals surface area contributed by atoms with Crippen LogP contribution in [-0.2, 0) is 11.2 Å². The van der Waals surface area contributed by atoms with Gasteiger partial charge in [0.1, 0.15) is 5.75 Å². The van der Waals surface area contributed by atoms with Crippen LogP contribution >= 0.6 is 0 Å². The predicted molar refractivity (Wildman–Crippen MR) is 149 cm³/mol. The first-order valence-electron chi connectivity index (χ1n) is 12.6. The lowest BCUT2D eigenvalue weighted by molar-refractivity contribution is -0.122. The zero-order valence-corrected chi connectivity index (χ0v) is 21.8. The molecule has 7 nitrogen and oxygen atoms in total. The Labute approximate surface area is 222 Å². The number of methoxy groups -OCH3 is 2. The van der Waals surface area contributed by atoms with Gasteiger partial charge in [0.15, 0.2) is 17.6 Å². The van der Waals surface area contributed by atoms with Crippen molar-refractivity contribution in [2.45, 2.75) is 25.9 Å². The van der Waals surface area contributed by atoms with Gasteiger partial charge < -0.3 is 24.8 Å². The van der Waals surface area contributed by atoms with Crippen molar-refractivity contribution < 1.29 is 23.8 Å². The molecule has 196 valence electrons. The van der Waals surface area contributed by atoms with E-state index in [0.717, 1.165) is 16.3 Å². The van der Waals surface area contributed by atoms with Gasteiger partial charge in [-0.3, -0.25) is 9.59 Å². The van der Waals surface area contributed by atoms with Crippen LogP contribution in [0, 0.1) is 0 Å². The van der Waals surface area contributed by atoms with Crippen molar-refractivity contribution in [1.29, 1.82) is 0 Å². The molecule has 1 atom stereocenters. The summed E-state index contributed by atoms with van der Waals surface area (Å²) in [5.41, 5.74) is 1.82. The Hall–Kier alpha value is -4.52. The summed E-state index contributed by atoms with van der Waals surface area (Å²) >= 11 is 0. The lowest BCUT2D eigenvalue weighted by Crippen LogP contribution is -2.33. The average Bonchev–Trinajstić information content (AvgIpc) is 2.95. The largest absolute Gasteiger partial charge is 0.493 e. The fraction of sp³-hybridized carbons (Fsp3) is 0.226. The third kappa shape index (κ3) is 6.42. The molecule has 4 rings (SSSR count). The van der Waals surface area contributed by atoms with Crippen molar-refractivity contribution in [2.75, 3.05) is 26.1 Å². The number of carbonyl (C=O) groups is 2. The molecule has 4 aromatic carbocycles. The molecule has 0 aliphatic carbocycles. The lowest BCUT2D eigenvalue weighted by atomic mass is 10.1. The van der Waals surface area contributed by atoms with E-state index in [1.54, 1.807) is 38.5 Å². The third-order valence-electron chi connectivity index (χ3n) is 6.24. The molecule has 0 aromatic heterocycles. The Morgan fingerprint density at radius 3 is 2.32 bits per heavy atom. The maximum atomic E-state index is 13.1. The number of benzene rings is 4. The minimum Gasteiger partial charge on any atom is -0.493 e. The summed E-state index contributed by atoms with van der Waals surface area (Å²) in [4.78, 5) is 26.1. The van der Waals surface area contributed by atoms with Gasteiger partial charge in [-0.1, -0.05) is 55.5 Å². The van der Waals surface area contributed by atoms with E-state index in [4.69, 9.17) is 14.2 Å². The molecule has 0 fully saturated rings. The number of amides is 2. The van der Waals surface area contributed by atoms with E-state index in [1.807, 2.05) is 67.6 Å². The number of carbonyl (C=O) groups excluding carboxylic acids is 2. The van der Waals surface area contributed by atoms with Gasteiger partial charge in [-0.15, -0.1) is 0 Å². The molecule has 2 N–H and O–H groups in total. The molecule has 0 saturated heterocycles. The zero-order valence-electron chi connectivity index (χ0n) is 21.8. The quantitative estimate of drug-likeness (QED) is 0.272. The summed E-state index contributed by atoms with van der Waals surface area (Å²) in [5, 5.41) is 7.95. The fourth-order valence-corrected chi connectivity index (χ4v) is 4.18. The van der Waals surface area contributed by atoms with Crippen LogP contribution in [0.15, 0.2) is 84.9 Å². The van der Waals surface area contributed by atoms with Crippen LogP contribution in [-0.4, -0.2) is 38.7 Å². The molecule has 4 aromatic rings. The molecule has 1 unspecified atom stereocenters. The van der Waals surface area contributed by atoms with Gasteiger partial charge in [0.05, 0.1) is 25.5 Å². The van der Waals surface area contributed by atoms with Crippen LogP contribution < -0.4 is 24.8 Å². The van der Waals surface area contributed by atoms with Crippen LogP contribution in [0.25, 0.3) is 10.8 Å². The van der Waals surface area contributed by atoms with Gasteiger partial charge in [0.25, 0.3) is 11.8 Å². The summed E-state index contributed by atoms with van der Waals surface area (Å²) in [6, 6.07) is 26.3. The van der Waals surface area contributed by atoms with Crippen LogP contribution in [0.1, 0.15) is 29.3 Å². The predicted octanol–water partition coefficient (Wildman–Crippen LogP) is 5.63. The highest BCUT2D eigenvalue weighted by molar-refractivity contribution is 6.04. The molecule has 0 bridgehead atoms. The van der Waals surface area contributed by atoms with Crippen molar-refractivity contribution in [3.05, 3.63) is 96.1 Å². The zero-order chi connectivity index (χ0) is 26.9. The minimum atomic E-state index is -0.711. The Morgan fingerprint density at radius 2 is 1.55 bits per heavy atom. The monoisotopic (exact) mass is 512 g/mol. The Balaban J connectivity index is 1.38. The van der Waals surface area contributed by atoms with Crippen molar-refractivity contribution in [2.24, 2.45) is 0 Å². The first-order valence-corrected chi connectivity index (χ1v) is 12.6. The summed E-state index contributed by atoms with van der Waals surface area (Å²) in [5.74, 6) is 1.32. The van der Waals surface area contributed by atoms with Crippen molar-refractivity contribution in [3.8, 4) is 17.2 Å². The van der Waals surface area contributed by atoms with E-state index in [0.29, 0.717) is 47.9 Å².